The third-order valence-electron chi connectivity index (χ3n) is 1.29. The zero-order chi connectivity index (χ0) is 10.8. The lowest BCUT2D eigenvalue weighted by molar-refractivity contribution is 1.07. The minimum atomic E-state index is -0.139. The van der Waals surface area contributed by atoms with E-state index >= 15 is 0 Å². The van der Waals surface area contributed by atoms with E-state index in [1.165, 1.54) is 12.8 Å². The van der Waals surface area contributed by atoms with Gasteiger partial charge in [0.25, 0.3) is 14.1 Å². The molecule has 0 bridgehead atoms. The smallest absolute Gasteiger partial charge is 0.251 e. The largest absolute Gasteiger partial charge is 0.328 e. The highest BCUT2D eigenvalue weighted by Crippen LogP contribution is 2.13. The molecule has 0 saturated heterocycles. The van der Waals surface area contributed by atoms with Crippen molar-refractivity contribution in [1.82, 2.24) is 0 Å². The number of hydrogen-bond donors (Lipinski definition) is 1. The van der Waals surface area contributed by atoms with E-state index in [0.29, 0.717) is 6.04 Å². The molecule has 1 aliphatic rings. The molecular weight excluding hydrogens is 185 g/mol. The highest BCUT2D eigenvalue weighted by atomic mass is 27.2. The standard InChI is InChI=1S/C6H6.C3H7N.3CH3.Al/c1-2-4-6-5-3-1;4-3-1-2-3;;;;/h1-6H;3H,1-2,4H2;3*1H3;. The van der Waals surface area contributed by atoms with E-state index in [0.717, 1.165) is 0 Å². The van der Waals surface area contributed by atoms with Crippen LogP contribution in [0.25, 0.3) is 0 Å². The van der Waals surface area contributed by atoms with E-state index < -0.39 is 0 Å². The third-order valence-corrected chi connectivity index (χ3v) is 1.29. The summed E-state index contributed by atoms with van der Waals surface area (Å²) >= 11 is -0.139. The quantitative estimate of drug-likeness (QED) is 0.650. The van der Waals surface area contributed by atoms with Crippen molar-refractivity contribution in [2.75, 3.05) is 0 Å². The van der Waals surface area contributed by atoms with Crippen molar-refractivity contribution in [1.29, 1.82) is 0 Å². The van der Waals surface area contributed by atoms with Gasteiger partial charge < -0.3 is 5.73 Å². The van der Waals surface area contributed by atoms with E-state index in [1.54, 1.807) is 0 Å². The van der Waals surface area contributed by atoms with Crippen molar-refractivity contribution >= 4 is 14.1 Å². The summed E-state index contributed by atoms with van der Waals surface area (Å²) in [6.45, 7) is 0. The number of benzene rings is 1. The highest BCUT2D eigenvalue weighted by molar-refractivity contribution is 6.54. The van der Waals surface area contributed by atoms with Crippen LogP contribution in [0.1, 0.15) is 12.8 Å². The van der Waals surface area contributed by atoms with Crippen LogP contribution in [-0.2, 0) is 0 Å². The maximum Gasteiger partial charge on any atom is 0.251 e. The predicted octanol–water partition coefficient (Wildman–Crippen LogP) is 3.16. The molecule has 1 fully saturated rings. The van der Waals surface area contributed by atoms with Crippen LogP contribution in [0.5, 0.6) is 0 Å². The van der Waals surface area contributed by atoms with Gasteiger partial charge in [-0.1, -0.05) is 36.4 Å². The van der Waals surface area contributed by atoms with E-state index in [1.807, 2.05) is 36.4 Å². The summed E-state index contributed by atoms with van der Waals surface area (Å²) in [5.74, 6) is 6.92. The lowest BCUT2D eigenvalue weighted by Gasteiger charge is -1.69. The average molecular weight is 207 g/mol. The molecule has 1 aliphatic carbocycles. The van der Waals surface area contributed by atoms with E-state index in [9.17, 15) is 0 Å². The Balaban J connectivity index is 0.000000188. The molecule has 2 heteroatoms. The summed E-state index contributed by atoms with van der Waals surface area (Å²) < 4.78 is 0. The fraction of sp³-hybridized carbons (Fsp3) is 0.500. The second-order valence-electron chi connectivity index (χ2n) is 4.22. The lowest BCUT2D eigenvalue weighted by Crippen LogP contribution is -1.94. The first-order valence-electron chi connectivity index (χ1n) is 5.38. The molecule has 0 spiro atoms. The van der Waals surface area contributed by atoms with Gasteiger partial charge in [-0.15, -0.1) is 17.4 Å². The van der Waals surface area contributed by atoms with Crippen molar-refractivity contribution in [2.45, 2.75) is 36.2 Å². The van der Waals surface area contributed by atoms with E-state index in [2.05, 4.69) is 17.4 Å². The van der Waals surface area contributed by atoms with Gasteiger partial charge in [-0.2, -0.15) is 0 Å². The third kappa shape index (κ3) is 17.7. The minimum absolute atomic E-state index is 0.139. The molecule has 0 aliphatic heterocycles. The van der Waals surface area contributed by atoms with Gasteiger partial charge in [-0.05, 0) is 12.8 Å². The molecule has 1 aromatic rings. The first-order valence-corrected chi connectivity index (χ1v) is 8.85. The Hall–Kier alpha value is -0.288. The van der Waals surface area contributed by atoms with Crippen molar-refractivity contribution < 1.29 is 0 Å². The predicted molar refractivity (Wildman–Crippen MR) is 67.0 cm³/mol. The summed E-state index contributed by atoms with van der Waals surface area (Å²) in [7, 11) is 0. The summed E-state index contributed by atoms with van der Waals surface area (Å²) in [4.78, 5) is 0. The fourth-order valence-corrected chi connectivity index (χ4v) is 0.481. The highest BCUT2D eigenvalue weighted by Gasteiger charge is 2.13. The fourth-order valence-electron chi connectivity index (χ4n) is 0.481. The first-order chi connectivity index (χ1) is 6.63. The van der Waals surface area contributed by atoms with Crippen LogP contribution >= 0.6 is 0 Å². The summed E-state index contributed by atoms with van der Waals surface area (Å²) in [5.41, 5.74) is 5.22. The molecular formula is C12H22AlN. The molecule has 2 rings (SSSR count). The van der Waals surface area contributed by atoms with Crippen molar-refractivity contribution in [2.24, 2.45) is 5.73 Å². The van der Waals surface area contributed by atoms with Gasteiger partial charge in [0, 0.05) is 6.04 Å². The van der Waals surface area contributed by atoms with Crippen LogP contribution in [0.3, 0.4) is 0 Å². The Bertz CT molecular complexity index is 165. The van der Waals surface area contributed by atoms with Crippen molar-refractivity contribution in [3.05, 3.63) is 36.4 Å². The summed E-state index contributed by atoms with van der Waals surface area (Å²) in [5, 5.41) is 0. The zero-order valence-corrected chi connectivity index (χ0v) is 10.8. The van der Waals surface area contributed by atoms with Gasteiger partial charge in [0.05, 0.1) is 0 Å². The van der Waals surface area contributed by atoms with Crippen molar-refractivity contribution in [3.63, 3.8) is 0 Å². The van der Waals surface area contributed by atoms with E-state index in [-0.39, 0.29) is 14.1 Å². The summed E-state index contributed by atoms with van der Waals surface area (Å²) in [6.07, 6.45) is 2.53. The SMILES string of the molecule is NC1CC1.[CH3][Al]([CH3])[CH3].c1ccccc1. The monoisotopic (exact) mass is 207 g/mol. The van der Waals surface area contributed by atoms with Gasteiger partial charge >= 0.3 is 0 Å². The second kappa shape index (κ2) is 9.27. The van der Waals surface area contributed by atoms with Gasteiger partial charge in [-0.3, -0.25) is 0 Å². The first kappa shape index (κ1) is 13.7. The van der Waals surface area contributed by atoms with E-state index in [4.69, 9.17) is 5.73 Å². The molecule has 0 unspecified atom stereocenters. The lowest BCUT2D eigenvalue weighted by atomic mass is 10.4. The number of nitrogens with two attached hydrogens (primary N) is 1. The topological polar surface area (TPSA) is 26.0 Å². The van der Waals surface area contributed by atoms with Crippen molar-refractivity contribution in [3.8, 4) is 0 Å². The zero-order valence-electron chi connectivity index (χ0n) is 9.61. The maximum atomic E-state index is 5.22. The molecule has 0 amide bonds. The summed E-state index contributed by atoms with van der Waals surface area (Å²) in [6, 6.07) is 12.6. The van der Waals surface area contributed by atoms with Crippen LogP contribution in [-0.4, -0.2) is 20.2 Å². The molecule has 1 saturated carbocycles. The molecule has 2 N–H and O–H groups in total. The van der Waals surface area contributed by atoms with Crippen LogP contribution < -0.4 is 5.73 Å². The van der Waals surface area contributed by atoms with Crippen LogP contribution in [0.4, 0.5) is 0 Å². The van der Waals surface area contributed by atoms with Gasteiger partial charge in [0.15, 0.2) is 0 Å². The number of hydrogen-bond acceptors (Lipinski definition) is 1. The van der Waals surface area contributed by atoms with Crippen LogP contribution in [0.2, 0.25) is 17.4 Å². The molecule has 78 valence electrons. The molecule has 0 heterocycles. The Labute approximate surface area is 92.7 Å². The number of rotatable bonds is 0. The molecule has 0 atom stereocenters. The van der Waals surface area contributed by atoms with Gasteiger partial charge in [0.2, 0.25) is 0 Å². The second-order valence-corrected chi connectivity index (χ2v) is 7.69. The van der Waals surface area contributed by atoms with Gasteiger partial charge in [0.1, 0.15) is 0 Å². The van der Waals surface area contributed by atoms with Crippen LogP contribution in [0.15, 0.2) is 36.4 Å². The molecule has 14 heavy (non-hydrogen) atoms. The average Bonchev–Trinajstić information content (AvgIpc) is 2.91. The van der Waals surface area contributed by atoms with Crippen LogP contribution in [0, 0.1) is 0 Å². The Morgan fingerprint density at radius 1 is 0.857 bits per heavy atom. The Kier molecular flexibility index (Phi) is 9.08. The molecule has 0 aromatic heterocycles. The molecule has 1 aromatic carbocycles. The van der Waals surface area contributed by atoms with Gasteiger partial charge in [-0.25, -0.2) is 0 Å². The molecule has 1 nitrogen and oxygen atoms in total. The Morgan fingerprint density at radius 3 is 1.07 bits per heavy atom. The Morgan fingerprint density at radius 2 is 1.00 bits per heavy atom. The normalized spacial score (nSPS) is 12.9. The molecule has 0 radical (unpaired) electrons. The maximum absolute atomic E-state index is 5.22. The minimum Gasteiger partial charge on any atom is -0.328 e.